The first-order valence-corrected chi connectivity index (χ1v) is 5.52. The van der Waals surface area contributed by atoms with Gasteiger partial charge in [-0.2, -0.15) is 0 Å². The van der Waals surface area contributed by atoms with Crippen LogP contribution in [0.4, 0.5) is 0 Å². The molecular formula is C10H13BrClN. The smallest absolute Gasteiger partial charge is 0.0548 e. The van der Waals surface area contributed by atoms with E-state index in [2.05, 4.69) is 22.9 Å². The van der Waals surface area contributed by atoms with Crippen molar-refractivity contribution in [2.24, 2.45) is 5.73 Å². The van der Waals surface area contributed by atoms with Crippen molar-refractivity contribution in [2.45, 2.75) is 25.8 Å². The first kappa shape index (κ1) is 11.0. The Kier molecular flexibility index (Phi) is 4.23. The van der Waals surface area contributed by atoms with Gasteiger partial charge in [-0.15, -0.1) is 0 Å². The van der Waals surface area contributed by atoms with E-state index in [1.165, 1.54) is 0 Å². The minimum atomic E-state index is 0.124. The summed E-state index contributed by atoms with van der Waals surface area (Å²) in [5.74, 6) is 0. The SMILES string of the molecule is CCC[C@H](N)c1ccc(Cl)c(Br)c1. The standard InChI is InChI=1S/C10H13BrClN/c1-2-3-10(13)7-4-5-9(12)8(11)6-7/h4-6,10H,2-3,13H2,1H3/t10-/m0/s1. The van der Waals surface area contributed by atoms with Crippen LogP contribution in [0.1, 0.15) is 31.4 Å². The zero-order valence-electron chi connectivity index (χ0n) is 7.56. The largest absolute Gasteiger partial charge is 0.324 e. The zero-order chi connectivity index (χ0) is 9.84. The maximum absolute atomic E-state index is 5.96. The topological polar surface area (TPSA) is 26.0 Å². The molecule has 1 aromatic carbocycles. The summed E-state index contributed by atoms with van der Waals surface area (Å²) in [4.78, 5) is 0. The molecule has 0 heterocycles. The van der Waals surface area contributed by atoms with E-state index in [0.29, 0.717) is 0 Å². The van der Waals surface area contributed by atoms with Crippen molar-refractivity contribution in [3.8, 4) is 0 Å². The highest BCUT2D eigenvalue weighted by Gasteiger charge is 2.06. The summed E-state index contributed by atoms with van der Waals surface area (Å²) in [6, 6.07) is 5.96. The van der Waals surface area contributed by atoms with E-state index in [1.54, 1.807) is 0 Å². The minimum Gasteiger partial charge on any atom is -0.324 e. The molecule has 13 heavy (non-hydrogen) atoms. The lowest BCUT2D eigenvalue weighted by Gasteiger charge is -2.11. The van der Waals surface area contributed by atoms with Crippen molar-refractivity contribution in [3.63, 3.8) is 0 Å². The number of hydrogen-bond donors (Lipinski definition) is 1. The van der Waals surface area contributed by atoms with Crippen LogP contribution in [-0.4, -0.2) is 0 Å². The number of nitrogens with two attached hydrogens (primary N) is 1. The van der Waals surface area contributed by atoms with E-state index >= 15 is 0 Å². The van der Waals surface area contributed by atoms with Crippen LogP contribution in [0.2, 0.25) is 5.02 Å². The molecule has 0 saturated carbocycles. The molecule has 1 aromatic rings. The molecule has 0 bridgehead atoms. The fourth-order valence-corrected chi connectivity index (χ4v) is 1.73. The Labute approximate surface area is 92.4 Å². The normalized spacial score (nSPS) is 12.9. The van der Waals surface area contributed by atoms with Gasteiger partial charge in [-0.05, 0) is 40.0 Å². The lowest BCUT2D eigenvalue weighted by Crippen LogP contribution is -2.09. The van der Waals surface area contributed by atoms with Crippen LogP contribution in [0.25, 0.3) is 0 Å². The van der Waals surface area contributed by atoms with Crippen molar-refractivity contribution in [3.05, 3.63) is 33.3 Å². The quantitative estimate of drug-likeness (QED) is 0.878. The molecule has 72 valence electrons. The van der Waals surface area contributed by atoms with Crippen LogP contribution in [0, 0.1) is 0 Å². The molecule has 0 spiro atoms. The van der Waals surface area contributed by atoms with Crippen LogP contribution >= 0.6 is 27.5 Å². The number of hydrogen-bond acceptors (Lipinski definition) is 1. The Morgan fingerprint density at radius 2 is 2.23 bits per heavy atom. The van der Waals surface area contributed by atoms with Gasteiger partial charge in [0.1, 0.15) is 0 Å². The van der Waals surface area contributed by atoms with E-state index in [9.17, 15) is 0 Å². The Balaban J connectivity index is 2.84. The van der Waals surface area contributed by atoms with Crippen LogP contribution in [0.3, 0.4) is 0 Å². The Bertz CT molecular complexity index is 288. The highest BCUT2D eigenvalue weighted by atomic mass is 79.9. The second-order valence-electron chi connectivity index (χ2n) is 3.07. The molecular weight excluding hydrogens is 249 g/mol. The highest BCUT2D eigenvalue weighted by molar-refractivity contribution is 9.10. The molecule has 3 heteroatoms. The third-order valence-electron chi connectivity index (χ3n) is 1.97. The van der Waals surface area contributed by atoms with Crippen LogP contribution in [0.15, 0.2) is 22.7 Å². The summed E-state index contributed by atoms with van der Waals surface area (Å²) in [6.45, 7) is 2.13. The molecule has 1 rings (SSSR count). The molecule has 2 N–H and O–H groups in total. The first-order chi connectivity index (χ1) is 6.15. The van der Waals surface area contributed by atoms with Crippen LogP contribution in [0.5, 0.6) is 0 Å². The fourth-order valence-electron chi connectivity index (χ4n) is 1.22. The number of rotatable bonds is 3. The van der Waals surface area contributed by atoms with Gasteiger partial charge in [0.2, 0.25) is 0 Å². The second kappa shape index (κ2) is 4.99. The van der Waals surface area contributed by atoms with E-state index in [-0.39, 0.29) is 6.04 Å². The number of halogens is 2. The molecule has 0 aliphatic heterocycles. The van der Waals surface area contributed by atoms with Crippen LogP contribution < -0.4 is 5.73 Å². The van der Waals surface area contributed by atoms with E-state index in [4.69, 9.17) is 17.3 Å². The summed E-state index contributed by atoms with van der Waals surface area (Å²) in [7, 11) is 0. The first-order valence-electron chi connectivity index (χ1n) is 4.35. The molecule has 0 saturated heterocycles. The third kappa shape index (κ3) is 2.97. The Hall–Kier alpha value is -0.0500. The summed E-state index contributed by atoms with van der Waals surface area (Å²) in [5, 5.41) is 0.729. The summed E-state index contributed by atoms with van der Waals surface area (Å²) < 4.78 is 0.915. The fraction of sp³-hybridized carbons (Fsp3) is 0.400. The van der Waals surface area contributed by atoms with Gasteiger partial charge < -0.3 is 5.73 Å². The molecule has 0 aromatic heterocycles. The summed E-state index contributed by atoms with van der Waals surface area (Å²) in [5.41, 5.74) is 7.10. The number of benzene rings is 1. The monoisotopic (exact) mass is 261 g/mol. The molecule has 0 aliphatic carbocycles. The molecule has 0 fully saturated rings. The van der Waals surface area contributed by atoms with Gasteiger partial charge in [-0.3, -0.25) is 0 Å². The van der Waals surface area contributed by atoms with Gasteiger partial charge in [0.05, 0.1) is 5.02 Å². The van der Waals surface area contributed by atoms with Crippen molar-refractivity contribution >= 4 is 27.5 Å². The average molecular weight is 263 g/mol. The van der Waals surface area contributed by atoms with Gasteiger partial charge in [-0.1, -0.05) is 31.0 Å². The van der Waals surface area contributed by atoms with Gasteiger partial charge >= 0.3 is 0 Å². The summed E-state index contributed by atoms with van der Waals surface area (Å²) >= 11 is 9.25. The molecule has 0 radical (unpaired) electrons. The van der Waals surface area contributed by atoms with Gasteiger partial charge in [0.15, 0.2) is 0 Å². The van der Waals surface area contributed by atoms with Gasteiger partial charge in [0.25, 0.3) is 0 Å². The minimum absolute atomic E-state index is 0.124. The lowest BCUT2D eigenvalue weighted by molar-refractivity contribution is 0.638. The van der Waals surface area contributed by atoms with Crippen molar-refractivity contribution in [1.29, 1.82) is 0 Å². The summed E-state index contributed by atoms with van der Waals surface area (Å²) in [6.07, 6.45) is 2.11. The predicted molar refractivity (Wildman–Crippen MR) is 61.0 cm³/mol. The average Bonchev–Trinajstić information content (AvgIpc) is 2.10. The van der Waals surface area contributed by atoms with Crippen molar-refractivity contribution in [1.82, 2.24) is 0 Å². The second-order valence-corrected chi connectivity index (χ2v) is 4.33. The molecule has 0 amide bonds. The van der Waals surface area contributed by atoms with E-state index in [1.807, 2.05) is 18.2 Å². The maximum atomic E-state index is 5.96. The van der Waals surface area contributed by atoms with Gasteiger partial charge in [-0.25, -0.2) is 0 Å². The van der Waals surface area contributed by atoms with E-state index in [0.717, 1.165) is 27.9 Å². The molecule has 1 atom stereocenters. The van der Waals surface area contributed by atoms with Crippen molar-refractivity contribution in [2.75, 3.05) is 0 Å². The Morgan fingerprint density at radius 1 is 1.54 bits per heavy atom. The van der Waals surface area contributed by atoms with Gasteiger partial charge in [0, 0.05) is 10.5 Å². The van der Waals surface area contributed by atoms with E-state index < -0.39 is 0 Å². The Morgan fingerprint density at radius 3 is 2.77 bits per heavy atom. The highest BCUT2D eigenvalue weighted by Crippen LogP contribution is 2.26. The maximum Gasteiger partial charge on any atom is 0.0548 e. The lowest BCUT2D eigenvalue weighted by atomic mass is 10.0. The molecule has 0 aliphatic rings. The van der Waals surface area contributed by atoms with Crippen molar-refractivity contribution < 1.29 is 0 Å². The molecule has 0 unspecified atom stereocenters. The predicted octanol–water partition coefficient (Wildman–Crippen LogP) is 3.90. The molecule has 1 nitrogen and oxygen atoms in total. The van der Waals surface area contributed by atoms with Crippen LogP contribution in [-0.2, 0) is 0 Å². The third-order valence-corrected chi connectivity index (χ3v) is 3.19. The zero-order valence-corrected chi connectivity index (χ0v) is 9.90.